The second-order valence-electron chi connectivity index (χ2n) is 9.10. The number of hydrogen-bond donors (Lipinski definition) is 1. The molecule has 1 N–H and O–H groups in total. The lowest BCUT2D eigenvalue weighted by Gasteiger charge is -2.26. The highest BCUT2D eigenvalue weighted by Gasteiger charge is 2.15. The number of benzene rings is 3. The van der Waals surface area contributed by atoms with Crippen molar-refractivity contribution in [2.75, 3.05) is 31.7 Å². The van der Waals surface area contributed by atoms with E-state index in [-0.39, 0.29) is 5.91 Å². The van der Waals surface area contributed by atoms with Gasteiger partial charge in [-0.25, -0.2) is 10.4 Å². The van der Waals surface area contributed by atoms with Crippen molar-refractivity contribution in [1.29, 1.82) is 0 Å². The van der Waals surface area contributed by atoms with E-state index in [9.17, 15) is 4.79 Å². The van der Waals surface area contributed by atoms with Crippen LogP contribution in [0.1, 0.15) is 27.0 Å². The van der Waals surface area contributed by atoms with Crippen molar-refractivity contribution < 1.29 is 9.53 Å². The Bertz CT molecular complexity index is 1450. The molecular formula is C30H30N4O2S. The molecule has 2 heterocycles. The number of pyridine rings is 1. The number of rotatable bonds is 7. The van der Waals surface area contributed by atoms with Crippen molar-refractivity contribution in [3.05, 3.63) is 95.1 Å². The molecule has 0 saturated carbocycles. The standard InChI is InChI=1S/C30H30N4O2S/c1-21-6-5-7-23(16-21)28-18-26(25-8-3-4-9-27(25)32-28)30(35)33-31-19-22-10-11-29(36-2)24(17-22)20-34-12-14-37-15-13-34/h3-11,16-19H,12-15,20H2,1-2H3,(H,33,35)/b31-19-. The van der Waals surface area contributed by atoms with Gasteiger partial charge in [0.1, 0.15) is 5.75 Å². The van der Waals surface area contributed by atoms with E-state index in [1.165, 1.54) is 0 Å². The summed E-state index contributed by atoms with van der Waals surface area (Å²) in [5, 5.41) is 5.07. The molecule has 5 rings (SSSR count). The molecule has 0 bridgehead atoms. The minimum atomic E-state index is -0.275. The molecule has 4 aromatic rings. The molecule has 0 unspecified atom stereocenters. The van der Waals surface area contributed by atoms with Gasteiger partial charge in [0.25, 0.3) is 5.91 Å². The van der Waals surface area contributed by atoms with Gasteiger partial charge in [0.2, 0.25) is 0 Å². The van der Waals surface area contributed by atoms with Gasteiger partial charge >= 0.3 is 0 Å². The van der Waals surface area contributed by atoms with Crippen LogP contribution in [0, 0.1) is 6.92 Å². The number of aromatic nitrogens is 1. The number of carbonyl (C=O) groups is 1. The van der Waals surface area contributed by atoms with Crippen LogP contribution in [-0.2, 0) is 6.54 Å². The van der Waals surface area contributed by atoms with Crippen LogP contribution in [0.2, 0.25) is 0 Å². The molecule has 188 valence electrons. The predicted octanol–water partition coefficient (Wildman–Crippen LogP) is 5.53. The fraction of sp³-hybridized carbons (Fsp3) is 0.233. The molecule has 0 spiro atoms. The maximum Gasteiger partial charge on any atom is 0.272 e. The van der Waals surface area contributed by atoms with Crippen LogP contribution in [0.15, 0.2) is 77.9 Å². The number of methoxy groups -OCH3 is 1. The van der Waals surface area contributed by atoms with E-state index in [1.807, 2.05) is 79.3 Å². The first-order valence-electron chi connectivity index (χ1n) is 12.4. The Labute approximate surface area is 221 Å². The molecule has 0 radical (unpaired) electrons. The Kier molecular flexibility index (Phi) is 7.82. The molecule has 1 aliphatic rings. The first-order valence-corrected chi connectivity index (χ1v) is 13.5. The summed E-state index contributed by atoms with van der Waals surface area (Å²) in [6, 6.07) is 23.6. The average Bonchev–Trinajstić information content (AvgIpc) is 2.93. The summed E-state index contributed by atoms with van der Waals surface area (Å²) in [4.78, 5) is 20.5. The van der Waals surface area contributed by atoms with Crippen LogP contribution in [0.5, 0.6) is 5.75 Å². The van der Waals surface area contributed by atoms with Crippen molar-refractivity contribution in [2.24, 2.45) is 5.10 Å². The Morgan fingerprint density at radius 1 is 1.08 bits per heavy atom. The molecule has 6 nitrogen and oxygen atoms in total. The summed E-state index contributed by atoms with van der Waals surface area (Å²) in [7, 11) is 1.70. The van der Waals surface area contributed by atoms with E-state index >= 15 is 0 Å². The Hall–Kier alpha value is -3.68. The average molecular weight is 511 g/mol. The molecule has 0 aliphatic carbocycles. The highest BCUT2D eigenvalue weighted by atomic mass is 32.2. The summed E-state index contributed by atoms with van der Waals surface area (Å²) in [5.74, 6) is 2.91. The van der Waals surface area contributed by atoms with E-state index in [1.54, 1.807) is 13.3 Å². The monoisotopic (exact) mass is 510 g/mol. The molecule has 1 aromatic heterocycles. The lowest BCUT2D eigenvalue weighted by Crippen LogP contribution is -2.32. The van der Waals surface area contributed by atoms with E-state index in [0.29, 0.717) is 5.56 Å². The van der Waals surface area contributed by atoms with Crippen molar-refractivity contribution in [1.82, 2.24) is 15.3 Å². The normalized spacial score (nSPS) is 14.2. The van der Waals surface area contributed by atoms with E-state index in [4.69, 9.17) is 9.72 Å². The molecule has 0 atom stereocenters. The molecule has 1 aliphatic heterocycles. The minimum absolute atomic E-state index is 0.275. The van der Waals surface area contributed by atoms with Crippen LogP contribution >= 0.6 is 11.8 Å². The maximum atomic E-state index is 13.2. The van der Waals surface area contributed by atoms with Gasteiger partial charge in [-0.3, -0.25) is 9.69 Å². The summed E-state index contributed by atoms with van der Waals surface area (Å²) in [6.45, 7) is 5.03. The second-order valence-corrected chi connectivity index (χ2v) is 10.3. The van der Waals surface area contributed by atoms with Gasteiger partial charge in [-0.2, -0.15) is 16.9 Å². The van der Waals surface area contributed by atoms with Gasteiger partial charge in [0.05, 0.1) is 30.1 Å². The second kappa shape index (κ2) is 11.6. The summed E-state index contributed by atoms with van der Waals surface area (Å²) in [5.41, 5.74) is 8.92. The minimum Gasteiger partial charge on any atom is -0.496 e. The number of nitrogens with zero attached hydrogens (tertiary/aromatic N) is 3. The van der Waals surface area contributed by atoms with Crippen LogP contribution in [0.3, 0.4) is 0 Å². The topological polar surface area (TPSA) is 66.8 Å². The van der Waals surface area contributed by atoms with Gasteiger partial charge in [0, 0.05) is 47.7 Å². The predicted molar refractivity (Wildman–Crippen MR) is 153 cm³/mol. The van der Waals surface area contributed by atoms with E-state index in [2.05, 4.69) is 27.6 Å². The number of carbonyl (C=O) groups excluding carboxylic acids is 1. The molecular weight excluding hydrogens is 480 g/mol. The maximum absolute atomic E-state index is 13.2. The third-order valence-corrected chi connectivity index (χ3v) is 7.40. The molecule has 1 fully saturated rings. The van der Waals surface area contributed by atoms with Crippen LogP contribution in [0.4, 0.5) is 0 Å². The molecule has 37 heavy (non-hydrogen) atoms. The zero-order valence-corrected chi connectivity index (χ0v) is 21.9. The number of hydrazone groups is 1. The Morgan fingerprint density at radius 2 is 1.92 bits per heavy atom. The van der Waals surface area contributed by atoms with Gasteiger partial charge in [-0.1, -0.05) is 42.0 Å². The number of hydrogen-bond acceptors (Lipinski definition) is 6. The summed E-state index contributed by atoms with van der Waals surface area (Å²) < 4.78 is 5.59. The highest BCUT2D eigenvalue weighted by molar-refractivity contribution is 7.99. The zero-order chi connectivity index (χ0) is 25.6. The summed E-state index contributed by atoms with van der Waals surface area (Å²) >= 11 is 2.00. The molecule has 3 aromatic carbocycles. The largest absolute Gasteiger partial charge is 0.496 e. The lowest BCUT2D eigenvalue weighted by atomic mass is 10.0. The van der Waals surface area contributed by atoms with Crippen LogP contribution < -0.4 is 10.2 Å². The van der Waals surface area contributed by atoms with Crippen molar-refractivity contribution in [3.63, 3.8) is 0 Å². The quantitative estimate of drug-likeness (QED) is 0.262. The first-order chi connectivity index (χ1) is 18.1. The van der Waals surface area contributed by atoms with E-state index < -0.39 is 0 Å². The van der Waals surface area contributed by atoms with Crippen molar-refractivity contribution in [2.45, 2.75) is 13.5 Å². The fourth-order valence-electron chi connectivity index (χ4n) is 4.54. The van der Waals surface area contributed by atoms with Gasteiger partial charge in [-0.05, 0) is 48.9 Å². The van der Waals surface area contributed by atoms with Crippen LogP contribution in [-0.4, -0.2) is 53.7 Å². The lowest BCUT2D eigenvalue weighted by molar-refractivity contribution is 0.0956. The summed E-state index contributed by atoms with van der Waals surface area (Å²) in [6.07, 6.45) is 1.68. The number of ether oxygens (including phenoxy) is 1. The molecule has 7 heteroatoms. The number of thioether (sulfide) groups is 1. The SMILES string of the molecule is COc1ccc(/C=N\NC(=O)c2cc(-c3cccc(C)c3)nc3ccccc23)cc1CN1CCSCC1. The molecule has 1 amide bonds. The smallest absolute Gasteiger partial charge is 0.272 e. The van der Waals surface area contributed by atoms with Crippen molar-refractivity contribution in [3.8, 4) is 17.0 Å². The van der Waals surface area contributed by atoms with Gasteiger partial charge in [-0.15, -0.1) is 0 Å². The van der Waals surface area contributed by atoms with Gasteiger partial charge in [0.15, 0.2) is 0 Å². The van der Waals surface area contributed by atoms with Crippen LogP contribution in [0.25, 0.3) is 22.2 Å². The number of aryl methyl sites for hydroxylation is 1. The number of fused-ring (bicyclic) bond motifs is 1. The highest BCUT2D eigenvalue weighted by Crippen LogP contribution is 2.26. The number of para-hydroxylation sites is 1. The fourth-order valence-corrected chi connectivity index (χ4v) is 5.52. The van der Waals surface area contributed by atoms with Crippen molar-refractivity contribution >= 4 is 34.8 Å². The van der Waals surface area contributed by atoms with E-state index in [0.717, 1.165) is 75.7 Å². The third kappa shape index (κ3) is 6.01. The Morgan fingerprint density at radius 3 is 2.73 bits per heavy atom. The number of nitrogens with one attached hydrogen (secondary N) is 1. The number of amides is 1. The van der Waals surface area contributed by atoms with Gasteiger partial charge < -0.3 is 4.74 Å². The first kappa shape index (κ1) is 25.0. The third-order valence-electron chi connectivity index (χ3n) is 6.46. The molecule has 1 saturated heterocycles. The Balaban J connectivity index is 1.37. The zero-order valence-electron chi connectivity index (χ0n) is 21.1.